The van der Waals surface area contributed by atoms with Gasteiger partial charge in [-0.05, 0) is 55.8 Å². The van der Waals surface area contributed by atoms with Gasteiger partial charge in [0, 0.05) is 37.3 Å². The number of ether oxygens (including phenoxy) is 1. The van der Waals surface area contributed by atoms with Gasteiger partial charge >= 0.3 is 0 Å². The van der Waals surface area contributed by atoms with Crippen LogP contribution in [0.2, 0.25) is 10.0 Å². The Morgan fingerprint density at radius 3 is 2.44 bits per heavy atom. The maximum absolute atomic E-state index is 6.09. The van der Waals surface area contributed by atoms with E-state index in [0.717, 1.165) is 42.1 Å². The van der Waals surface area contributed by atoms with E-state index in [0.29, 0.717) is 21.5 Å². The highest BCUT2D eigenvalue weighted by Crippen LogP contribution is 2.31. The molecule has 0 saturated carbocycles. The number of imidazole rings is 1. The molecule has 1 aliphatic rings. The van der Waals surface area contributed by atoms with Crippen LogP contribution >= 0.6 is 23.2 Å². The number of halogens is 2. The first-order valence-corrected chi connectivity index (χ1v) is 12.5. The number of benzene rings is 3. The highest BCUT2D eigenvalue weighted by molar-refractivity contribution is 6.42. The zero-order valence-corrected chi connectivity index (χ0v) is 20.5. The van der Waals surface area contributed by atoms with Crippen LogP contribution in [-0.2, 0) is 6.54 Å². The second-order valence-corrected chi connectivity index (χ2v) is 9.53. The summed E-state index contributed by atoms with van der Waals surface area (Å²) in [6.45, 7) is 5.53. The average Bonchev–Trinajstić information content (AvgIpc) is 3.29. The van der Waals surface area contributed by atoms with Gasteiger partial charge in [0.25, 0.3) is 0 Å². The normalized spacial score (nSPS) is 14.5. The Morgan fingerprint density at radius 2 is 1.65 bits per heavy atom. The number of rotatable bonds is 8. The Morgan fingerprint density at radius 1 is 0.882 bits per heavy atom. The van der Waals surface area contributed by atoms with Gasteiger partial charge in [0.05, 0.1) is 21.1 Å². The average molecular weight is 495 g/mol. The molecule has 1 saturated heterocycles. The van der Waals surface area contributed by atoms with Crippen molar-refractivity contribution in [3.8, 4) is 22.9 Å². The van der Waals surface area contributed by atoms with Crippen molar-refractivity contribution in [3.63, 3.8) is 0 Å². The molecule has 1 fully saturated rings. The number of hydrogen-bond donors (Lipinski definition) is 2. The van der Waals surface area contributed by atoms with Crippen molar-refractivity contribution in [2.24, 2.45) is 0 Å². The molecule has 4 aromatic rings. The molecular weight excluding hydrogens is 467 g/mol. The van der Waals surface area contributed by atoms with Gasteiger partial charge in [0.2, 0.25) is 0 Å². The molecule has 2 heterocycles. The topological polar surface area (TPSA) is 53.2 Å². The molecule has 0 amide bonds. The smallest absolute Gasteiger partial charge is 0.138 e. The second kappa shape index (κ2) is 10.8. The minimum absolute atomic E-state index is 0.463. The first kappa shape index (κ1) is 23.2. The summed E-state index contributed by atoms with van der Waals surface area (Å²) in [4.78, 5) is 10.7. The van der Waals surface area contributed by atoms with Crippen LogP contribution in [0.15, 0.2) is 60.7 Å². The lowest BCUT2D eigenvalue weighted by atomic mass is 10.1. The van der Waals surface area contributed by atoms with Gasteiger partial charge in [0.15, 0.2) is 0 Å². The monoisotopic (exact) mass is 494 g/mol. The third-order valence-corrected chi connectivity index (χ3v) is 6.93. The predicted molar refractivity (Wildman–Crippen MR) is 140 cm³/mol. The fourth-order valence-electron chi connectivity index (χ4n) is 4.30. The van der Waals surface area contributed by atoms with E-state index >= 15 is 0 Å². The van der Waals surface area contributed by atoms with Crippen molar-refractivity contribution in [3.05, 3.63) is 76.3 Å². The Labute approximate surface area is 210 Å². The molecule has 2 N–H and O–H groups in total. The van der Waals surface area contributed by atoms with Crippen LogP contribution in [0.3, 0.4) is 0 Å². The fourth-order valence-corrected chi connectivity index (χ4v) is 4.59. The number of nitrogens with zero attached hydrogens (tertiary/aromatic N) is 2. The predicted octanol–water partition coefficient (Wildman–Crippen LogP) is 6.90. The molecule has 0 atom stereocenters. The Hall–Kier alpha value is -2.57. The first-order valence-electron chi connectivity index (χ1n) is 11.8. The third kappa shape index (κ3) is 5.73. The molecule has 176 valence electrons. The summed E-state index contributed by atoms with van der Waals surface area (Å²) >= 11 is 12.1. The molecular formula is C27H28Cl2N4O. The van der Waals surface area contributed by atoms with Crippen LogP contribution in [0.25, 0.3) is 22.4 Å². The van der Waals surface area contributed by atoms with E-state index in [1.165, 1.54) is 37.9 Å². The van der Waals surface area contributed by atoms with Gasteiger partial charge in [-0.3, -0.25) is 0 Å². The summed E-state index contributed by atoms with van der Waals surface area (Å²) in [6, 6.07) is 19.6. The largest absolute Gasteiger partial charge is 0.457 e. The molecule has 5 rings (SSSR count). The molecule has 34 heavy (non-hydrogen) atoms. The SMILES string of the molecule is Clc1ccc(Oc2ccc3nc(-c4ccc(CNCCN5CCCCC5)cc4)[nH]c3c2)cc1Cl. The van der Waals surface area contributed by atoms with Gasteiger partial charge in [-0.2, -0.15) is 0 Å². The number of piperidine rings is 1. The molecule has 0 spiro atoms. The van der Waals surface area contributed by atoms with Gasteiger partial charge in [0.1, 0.15) is 17.3 Å². The Bertz CT molecular complexity index is 1250. The summed E-state index contributed by atoms with van der Waals surface area (Å²) in [5, 5.41) is 4.53. The molecule has 0 aliphatic carbocycles. The molecule has 0 unspecified atom stereocenters. The molecule has 1 aliphatic heterocycles. The highest BCUT2D eigenvalue weighted by atomic mass is 35.5. The van der Waals surface area contributed by atoms with Crippen LogP contribution in [0.4, 0.5) is 0 Å². The maximum atomic E-state index is 6.09. The number of H-pyrrole nitrogens is 1. The summed E-state index contributed by atoms with van der Waals surface area (Å²) in [5.74, 6) is 2.17. The number of aromatic amines is 1. The maximum Gasteiger partial charge on any atom is 0.138 e. The van der Waals surface area contributed by atoms with Gasteiger partial charge in [-0.1, -0.05) is 53.9 Å². The van der Waals surface area contributed by atoms with Gasteiger partial charge < -0.3 is 19.9 Å². The van der Waals surface area contributed by atoms with Crippen LogP contribution in [-0.4, -0.2) is 41.0 Å². The number of likely N-dealkylation sites (tertiary alicyclic amines) is 1. The Balaban J connectivity index is 1.20. The van der Waals surface area contributed by atoms with Crippen molar-refractivity contribution in [1.82, 2.24) is 20.2 Å². The lowest BCUT2D eigenvalue weighted by molar-refractivity contribution is 0.229. The molecule has 1 aromatic heterocycles. The standard InChI is InChI=1S/C27H28Cl2N4O/c28-23-10-8-21(16-24(23)29)34-22-9-11-25-26(17-22)32-27(31-25)20-6-4-19(5-7-20)18-30-12-15-33-13-2-1-3-14-33/h4-11,16-17,30H,1-3,12-15,18H2,(H,31,32). The van der Waals surface area contributed by atoms with Crippen LogP contribution in [0, 0.1) is 0 Å². The lowest BCUT2D eigenvalue weighted by Gasteiger charge is -2.26. The van der Waals surface area contributed by atoms with Crippen molar-refractivity contribution >= 4 is 34.2 Å². The minimum atomic E-state index is 0.463. The van der Waals surface area contributed by atoms with E-state index in [1.54, 1.807) is 18.2 Å². The first-order chi connectivity index (χ1) is 16.6. The molecule has 0 radical (unpaired) electrons. The van der Waals surface area contributed by atoms with Crippen molar-refractivity contribution < 1.29 is 4.74 Å². The highest BCUT2D eigenvalue weighted by Gasteiger charge is 2.10. The molecule has 0 bridgehead atoms. The lowest BCUT2D eigenvalue weighted by Crippen LogP contribution is -2.35. The van der Waals surface area contributed by atoms with Crippen molar-refractivity contribution in [2.45, 2.75) is 25.8 Å². The van der Waals surface area contributed by atoms with Crippen LogP contribution in [0.1, 0.15) is 24.8 Å². The van der Waals surface area contributed by atoms with E-state index in [9.17, 15) is 0 Å². The van der Waals surface area contributed by atoms with Crippen molar-refractivity contribution in [1.29, 1.82) is 0 Å². The van der Waals surface area contributed by atoms with E-state index < -0.39 is 0 Å². The molecule has 5 nitrogen and oxygen atoms in total. The quantitative estimate of drug-likeness (QED) is 0.261. The minimum Gasteiger partial charge on any atom is -0.457 e. The van der Waals surface area contributed by atoms with Gasteiger partial charge in [-0.25, -0.2) is 4.98 Å². The number of nitrogens with one attached hydrogen (secondary N) is 2. The summed E-state index contributed by atoms with van der Waals surface area (Å²) < 4.78 is 5.94. The number of hydrogen-bond acceptors (Lipinski definition) is 4. The zero-order valence-electron chi connectivity index (χ0n) is 19.0. The van der Waals surface area contributed by atoms with Gasteiger partial charge in [-0.15, -0.1) is 0 Å². The zero-order chi connectivity index (χ0) is 23.3. The molecule has 7 heteroatoms. The third-order valence-electron chi connectivity index (χ3n) is 6.19. The fraction of sp³-hybridized carbons (Fsp3) is 0.296. The molecule has 3 aromatic carbocycles. The summed E-state index contributed by atoms with van der Waals surface area (Å²) in [6.07, 6.45) is 4.07. The van der Waals surface area contributed by atoms with E-state index in [-0.39, 0.29) is 0 Å². The summed E-state index contributed by atoms with van der Waals surface area (Å²) in [7, 11) is 0. The van der Waals surface area contributed by atoms with E-state index in [4.69, 9.17) is 32.9 Å². The van der Waals surface area contributed by atoms with Crippen molar-refractivity contribution in [2.75, 3.05) is 26.2 Å². The second-order valence-electron chi connectivity index (χ2n) is 8.72. The van der Waals surface area contributed by atoms with Crippen LogP contribution in [0.5, 0.6) is 11.5 Å². The van der Waals surface area contributed by atoms with E-state index in [2.05, 4.69) is 39.5 Å². The summed E-state index contributed by atoms with van der Waals surface area (Å²) in [5.41, 5.74) is 4.13. The number of aromatic nitrogens is 2. The van der Waals surface area contributed by atoms with E-state index in [1.807, 2.05) is 18.2 Å². The van der Waals surface area contributed by atoms with Crippen LogP contribution < -0.4 is 10.1 Å². The number of fused-ring (bicyclic) bond motifs is 1. The Kier molecular flexibility index (Phi) is 7.36.